The number of hydrogen-bond donors (Lipinski definition) is 0. The van der Waals surface area contributed by atoms with E-state index < -0.39 is 0 Å². The smallest absolute Gasteiger partial charge is 0.300 e. The van der Waals surface area contributed by atoms with Gasteiger partial charge in [0, 0.05) is 0 Å². The highest BCUT2D eigenvalue weighted by Gasteiger charge is 2.63. The zero-order valence-electron chi connectivity index (χ0n) is 20.6. The summed E-state index contributed by atoms with van der Waals surface area (Å²) in [4.78, 5) is 0. The molecule has 1 aromatic heterocycles. The summed E-state index contributed by atoms with van der Waals surface area (Å²) in [5.74, 6) is 6.54. The highest BCUT2D eigenvalue weighted by molar-refractivity contribution is 7.08. The fraction of sp³-hybridized carbons (Fsp3) is 0.786. The van der Waals surface area contributed by atoms with Crippen molar-refractivity contribution in [2.75, 3.05) is 0 Å². The van der Waals surface area contributed by atoms with Crippen LogP contribution in [0.25, 0.3) is 0 Å². The Morgan fingerprint density at radius 2 is 1.58 bits per heavy atom. The van der Waals surface area contributed by atoms with Gasteiger partial charge in [0.2, 0.25) is 0 Å². The molecule has 0 aromatic carbocycles. The number of thiophene rings is 1. The summed E-state index contributed by atoms with van der Waals surface area (Å²) in [6.07, 6.45) is 8.82. The minimum absolute atomic E-state index is 0.172. The van der Waals surface area contributed by atoms with Gasteiger partial charge in [-0.25, -0.2) is 0 Å². The van der Waals surface area contributed by atoms with Crippen LogP contribution in [0.3, 0.4) is 0 Å². The second-order valence-electron chi connectivity index (χ2n) is 12.9. The molecule has 9 atom stereocenters. The lowest BCUT2D eigenvalue weighted by atomic mass is 9.27. The first kappa shape index (κ1) is 22.3. The Hall–Kier alpha value is -0.535. The molecular weight excluding hydrogens is 395 g/mol. The van der Waals surface area contributed by atoms with E-state index >= 15 is 0 Å². The monoisotopic (exact) mass is 438 g/mol. The van der Waals surface area contributed by atoms with E-state index in [0.717, 1.165) is 53.6 Å². The Balaban J connectivity index is 1.44. The van der Waals surface area contributed by atoms with Crippen LogP contribution in [0.15, 0.2) is 29.5 Å². The number of hydrogen-bond acceptors (Lipinski definition) is 2. The van der Waals surface area contributed by atoms with Crippen molar-refractivity contribution in [3.05, 3.63) is 35.0 Å². The predicted molar refractivity (Wildman–Crippen MR) is 135 cm³/mol. The SMILES string of the molecule is C=CC[C@H](OB([C@@H]1C[C@@H]2C[C@H]([C@H]1C)C2(C)C)[C@@H]1C[C@@H]2C[C@H]([C@H]1C)C2(C)C)c1ccsc1. The van der Waals surface area contributed by atoms with E-state index in [0.29, 0.717) is 17.7 Å². The van der Waals surface area contributed by atoms with E-state index in [9.17, 15) is 0 Å². The summed E-state index contributed by atoms with van der Waals surface area (Å²) in [6, 6.07) is 2.27. The largest absolute Gasteiger partial charge is 0.428 e. The summed E-state index contributed by atoms with van der Waals surface area (Å²) < 4.78 is 7.26. The van der Waals surface area contributed by atoms with Gasteiger partial charge in [-0.15, -0.1) is 6.58 Å². The highest BCUT2D eigenvalue weighted by atomic mass is 32.1. The molecule has 1 aromatic rings. The number of fused-ring (bicyclic) bond motifs is 4. The molecule has 6 aliphatic carbocycles. The van der Waals surface area contributed by atoms with Crippen molar-refractivity contribution in [2.24, 2.45) is 46.3 Å². The minimum Gasteiger partial charge on any atom is -0.428 e. The zero-order chi connectivity index (χ0) is 22.1. The summed E-state index contributed by atoms with van der Waals surface area (Å²) in [5, 5.41) is 4.49. The van der Waals surface area contributed by atoms with Gasteiger partial charge in [0.15, 0.2) is 0 Å². The molecule has 6 aliphatic rings. The molecule has 7 rings (SSSR count). The Bertz CT molecular complexity index is 756. The van der Waals surface area contributed by atoms with Gasteiger partial charge in [0.05, 0.1) is 6.10 Å². The quantitative estimate of drug-likeness (QED) is 0.306. The molecule has 0 saturated heterocycles. The van der Waals surface area contributed by atoms with Gasteiger partial charge < -0.3 is 4.65 Å². The third kappa shape index (κ3) is 3.35. The molecule has 31 heavy (non-hydrogen) atoms. The van der Waals surface area contributed by atoms with Crippen LogP contribution in [0.4, 0.5) is 0 Å². The lowest BCUT2D eigenvalue weighted by molar-refractivity contribution is -0.112. The van der Waals surface area contributed by atoms with Gasteiger partial charge in [-0.2, -0.15) is 11.3 Å². The molecule has 3 heteroatoms. The Kier molecular flexibility index (Phi) is 5.57. The van der Waals surface area contributed by atoms with Gasteiger partial charge in [-0.1, -0.05) is 60.5 Å². The molecule has 170 valence electrons. The summed E-state index contributed by atoms with van der Waals surface area (Å²) in [5.41, 5.74) is 2.44. The van der Waals surface area contributed by atoms with Crippen molar-refractivity contribution in [3.63, 3.8) is 0 Å². The van der Waals surface area contributed by atoms with E-state index in [2.05, 4.69) is 71.0 Å². The third-order valence-electron chi connectivity index (χ3n) is 11.3. The molecule has 0 aliphatic heterocycles. The topological polar surface area (TPSA) is 9.23 Å². The fourth-order valence-corrected chi connectivity index (χ4v) is 9.54. The van der Waals surface area contributed by atoms with E-state index in [4.69, 9.17) is 4.65 Å². The predicted octanol–water partition coefficient (Wildman–Crippen LogP) is 8.52. The standard InChI is InChI=1S/C28H43BOS/c1-8-9-26(19-10-11-31-16-19)30-29(24-14-20-12-22(17(24)2)27(20,4)5)25-15-21-13-23(18(25)3)28(21,6)7/h8,10-11,16-18,20-26H,1,9,12-15H2,2-7H3/t17-,18-,20+,21+,22-,23-,24-,25-,26+/m1/s1. The Morgan fingerprint density at radius 1 is 1.03 bits per heavy atom. The first-order valence-corrected chi connectivity index (χ1v) is 13.9. The molecule has 6 saturated carbocycles. The number of rotatable bonds is 7. The second-order valence-corrected chi connectivity index (χ2v) is 13.7. The molecule has 1 heterocycles. The Morgan fingerprint density at radius 3 is 1.97 bits per heavy atom. The van der Waals surface area contributed by atoms with Crippen molar-refractivity contribution in [1.82, 2.24) is 0 Å². The van der Waals surface area contributed by atoms with Gasteiger partial charge in [0.1, 0.15) is 0 Å². The van der Waals surface area contributed by atoms with E-state index in [1.54, 1.807) is 11.3 Å². The molecule has 0 amide bonds. The van der Waals surface area contributed by atoms with Crippen LogP contribution in [0.2, 0.25) is 11.6 Å². The van der Waals surface area contributed by atoms with Crippen molar-refractivity contribution in [1.29, 1.82) is 0 Å². The summed E-state index contributed by atoms with van der Waals surface area (Å²) >= 11 is 1.79. The van der Waals surface area contributed by atoms with Crippen LogP contribution in [0.5, 0.6) is 0 Å². The molecule has 0 radical (unpaired) electrons. The van der Waals surface area contributed by atoms with Crippen molar-refractivity contribution in [3.8, 4) is 0 Å². The Labute approximate surface area is 195 Å². The van der Waals surface area contributed by atoms with E-state index in [-0.39, 0.29) is 6.10 Å². The molecular formula is C28H43BOS. The van der Waals surface area contributed by atoms with Crippen LogP contribution in [-0.2, 0) is 4.65 Å². The molecule has 0 unspecified atom stereocenters. The summed E-state index contributed by atoms with van der Waals surface area (Å²) in [7, 11) is 0. The lowest BCUT2D eigenvalue weighted by Gasteiger charge is -2.66. The van der Waals surface area contributed by atoms with Crippen molar-refractivity contribution >= 4 is 18.3 Å². The highest BCUT2D eigenvalue weighted by Crippen LogP contribution is 2.69. The maximum atomic E-state index is 7.26. The lowest BCUT2D eigenvalue weighted by Crippen LogP contribution is -2.60. The van der Waals surface area contributed by atoms with Crippen molar-refractivity contribution < 1.29 is 4.65 Å². The maximum Gasteiger partial charge on any atom is 0.300 e. The first-order valence-electron chi connectivity index (χ1n) is 12.9. The van der Waals surface area contributed by atoms with Crippen LogP contribution in [0.1, 0.15) is 85.3 Å². The zero-order valence-corrected chi connectivity index (χ0v) is 21.5. The van der Waals surface area contributed by atoms with Gasteiger partial charge in [-0.3, -0.25) is 0 Å². The van der Waals surface area contributed by atoms with Crippen LogP contribution in [-0.4, -0.2) is 6.92 Å². The fourth-order valence-electron chi connectivity index (χ4n) is 8.84. The summed E-state index contributed by atoms with van der Waals surface area (Å²) in [6.45, 7) is 19.7. The van der Waals surface area contributed by atoms with Crippen LogP contribution in [0, 0.1) is 46.3 Å². The third-order valence-corrected chi connectivity index (χ3v) is 12.0. The van der Waals surface area contributed by atoms with E-state index in [1.165, 1.54) is 31.2 Å². The van der Waals surface area contributed by atoms with Gasteiger partial charge >= 0.3 is 6.92 Å². The first-order chi connectivity index (χ1) is 14.7. The average molecular weight is 439 g/mol. The average Bonchev–Trinajstić information content (AvgIpc) is 3.26. The maximum absolute atomic E-state index is 7.26. The molecule has 6 fully saturated rings. The normalized spacial score (nSPS) is 42.8. The minimum atomic E-state index is 0.172. The molecule has 1 nitrogen and oxygen atoms in total. The van der Waals surface area contributed by atoms with E-state index in [1.807, 2.05) is 0 Å². The van der Waals surface area contributed by atoms with Crippen LogP contribution < -0.4 is 0 Å². The van der Waals surface area contributed by atoms with Gasteiger partial charge in [0.25, 0.3) is 0 Å². The molecule has 0 spiro atoms. The van der Waals surface area contributed by atoms with Crippen molar-refractivity contribution in [2.45, 2.75) is 91.4 Å². The molecule has 4 bridgehead atoms. The molecule has 0 N–H and O–H groups in total. The van der Waals surface area contributed by atoms with Gasteiger partial charge in [-0.05, 0) is 99.6 Å². The van der Waals surface area contributed by atoms with Crippen LogP contribution >= 0.6 is 11.3 Å². The second kappa shape index (κ2) is 7.76.